The molecule has 0 saturated heterocycles. The van der Waals surface area contributed by atoms with E-state index in [1.54, 1.807) is 18.2 Å². The van der Waals surface area contributed by atoms with Crippen molar-refractivity contribution < 1.29 is 28.2 Å². The Balaban J connectivity index is 2.03. The summed E-state index contributed by atoms with van der Waals surface area (Å²) in [5.41, 5.74) is 0.826. The van der Waals surface area contributed by atoms with Crippen molar-refractivity contribution in [3.63, 3.8) is 0 Å². The number of methoxy groups -OCH3 is 1. The van der Waals surface area contributed by atoms with Crippen molar-refractivity contribution in [3.8, 4) is 17.2 Å². The van der Waals surface area contributed by atoms with Gasteiger partial charge in [-0.1, -0.05) is 0 Å². The Labute approximate surface area is 162 Å². The van der Waals surface area contributed by atoms with Gasteiger partial charge >= 0.3 is 5.97 Å². The number of hydrogen-bond donors (Lipinski definition) is 1. The van der Waals surface area contributed by atoms with Gasteiger partial charge in [-0.15, -0.1) is 0 Å². The minimum absolute atomic E-state index is 0.0678. The Bertz CT molecular complexity index is 1060. The smallest absolute Gasteiger partial charge is 0.340 e. The maximum absolute atomic E-state index is 13.8. The second kappa shape index (κ2) is 6.83. The van der Waals surface area contributed by atoms with Crippen molar-refractivity contribution >= 4 is 16.9 Å². The zero-order valence-electron chi connectivity index (χ0n) is 15.0. The summed E-state index contributed by atoms with van der Waals surface area (Å²) in [5, 5.41) is 9.79. The van der Waals surface area contributed by atoms with Gasteiger partial charge in [0.05, 0.1) is 7.11 Å². The maximum atomic E-state index is 13.8. The van der Waals surface area contributed by atoms with E-state index < -0.39 is 28.5 Å². The van der Waals surface area contributed by atoms with Crippen molar-refractivity contribution in [2.45, 2.75) is 21.6 Å². The number of carboxylic acid groups (broad SMARTS) is 1. The molecule has 0 bridgehead atoms. The predicted molar refractivity (Wildman–Crippen MR) is 99.7 cm³/mol. The number of fused-ring (bicyclic) bond motifs is 2. The Morgan fingerprint density at radius 3 is 2.04 bits per heavy atom. The van der Waals surface area contributed by atoms with E-state index in [4.69, 9.17) is 9.47 Å². The van der Waals surface area contributed by atoms with Gasteiger partial charge in [-0.3, -0.25) is 0 Å². The summed E-state index contributed by atoms with van der Waals surface area (Å²) in [6.07, 6.45) is 0. The first kappa shape index (κ1) is 18.3. The first-order valence-corrected chi connectivity index (χ1v) is 9.54. The molecule has 142 valence electrons. The summed E-state index contributed by atoms with van der Waals surface area (Å²) in [5.74, 6) is -1.16. The molecular formula is C21H15F2O4S+. The quantitative estimate of drug-likeness (QED) is 0.481. The van der Waals surface area contributed by atoms with Gasteiger partial charge in [-0.25, -0.2) is 13.6 Å². The third-order valence-electron chi connectivity index (χ3n) is 4.42. The normalized spacial score (nSPS) is 12.7. The second-order valence-electron chi connectivity index (χ2n) is 6.21. The van der Waals surface area contributed by atoms with E-state index in [1.165, 1.54) is 37.4 Å². The summed E-state index contributed by atoms with van der Waals surface area (Å²) in [6, 6.07) is 11.4. The average Bonchev–Trinajstić information content (AvgIpc) is 2.65. The van der Waals surface area contributed by atoms with Crippen LogP contribution in [0.5, 0.6) is 17.2 Å². The molecule has 0 fully saturated rings. The molecule has 7 heteroatoms. The molecular weight excluding hydrogens is 386 g/mol. The van der Waals surface area contributed by atoms with Gasteiger partial charge in [0.25, 0.3) is 0 Å². The van der Waals surface area contributed by atoms with Gasteiger partial charge in [0.2, 0.25) is 9.79 Å². The van der Waals surface area contributed by atoms with E-state index >= 15 is 0 Å². The lowest BCUT2D eigenvalue weighted by molar-refractivity contribution is 0.0692. The second-order valence-corrected chi connectivity index (χ2v) is 8.15. The first-order chi connectivity index (χ1) is 13.4. The van der Waals surface area contributed by atoms with Crippen LogP contribution in [-0.2, 0) is 10.9 Å². The van der Waals surface area contributed by atoms with E-state index in [0.717, 1.165) is 5.56 Å². The Kier molecular flexibility index (Phi) is 4.47. The largest absolute Gasteiger partial charge is 0.496 e. The van der Waals surface area contributed by atoms with Crippen molar-refractivity contribution in [1.29, 1.82) is 0 Å². The minimum atomic E-state index is -1.11. The van der Waals surface area contributed by atoms with Crippen LogP contribution in [-0.4, -0.2) is 18.2 Å². The standard InChI is InChI=1S/C21H14F2O4S/c1-11-7-20(14(21(24)25)10-15(11)26-2)28-18-5-3-12(22)8-16(18)27-17-9-13(23)4-6-19(17)28/h3-10H,1-2H3/p+1. The summed E-state index contributed by atoms with van der Waals surface area (Å²) >= 11 is 0. The molecule has 0 spiro atoms. The van der Waals surface area contributed by atoms with Gasteiger partial charge in [0.1, 0.15) is 33.8 Å². The van der Waals surface area contributed by atoms with Crippen LogP contribution >= 0.6 is 0 Å². The molecule has 1 heterocycles. The third-order valence-corrected chi connectivity index (χ3v) is 6.75. The summed E-state index contributed by atoms with van der Waals surface area (Å²) in [4.78, 5) is 13.8. The van der Waals surface area contributed by atoms with Crippen molar-refractivity contribution in [2.24, 2.45) is 0 Å². The molecule has 3 aromatic rings. The van der Waals surface area contributed by atoms with Crippen LogP contribution in [0.1, 0.15) is 15.9 Å². The van der Waals surface area contributed by atoms with Crippen LogP contribution in [0.4, 0.5) is 8.78 Å². The zero-order valence-corrected chi connectivity index (χ0v) is 15.8. The molecule has 0 aromatic heterocycles. The molecule has 1 aliphatic rings. The number of aromatic carboxylic acids is 1. The lowest BCUT2D eigenvalue weighted by Crippen LogP contribution is -2.16. The molecule has 0 aliphatic carbocycles. The van der Waals surface area contributed by atoms with Crippen LogP contribution in [0, 0.1) is 18.6 Å². The molecule has 1 N–H and O–H groups in total. The highest BCUT2D eigenvalue weighted by Gasteiger charge is 2.42. The van der Waals surface area contributed by atoms with E-state index in [-0.39, 0.29) is 17.1 Å². The van der Waals surface area contributed by atoms with Crippen LogP contribution in [0.3, 0.4) is 0 Å². The van der Waals surface area contributed by atoms with Gasteiger partial charge in [0.15, 0.2) is 16.4 Å². The number of carboxylic acids is 1. The minimum Gasteiger partial charge on any atom is -0.496 e. The number of rotatable bonds is 3. The Morgan fingerprint density at radius 1 is 0.964 bits per heavy atom. The predicted octanol–water partition coefficient (Wildman–Crippen LogP) is 5.18. The topological polar surface area (TPSA) is 55.8 Å². The van der Waals surface area contributed by atoms with Gasteiger partial charge in [0, 0.05) is 36.4 Å². The Morgan fingerprint density at radius 2 is 1.54 bits per heavy atom. The van der Waals surface area contributed by atoms with Crippen molar-refractivity contribution in [2.75, 3.05) is 7.11 Å². The maximum Gasteiger partial charge on any atom is 0.340 e. The summed E-state index contributed by atoms with van der Waals surface area (Å²) < 4.78 is 38.6. The third kappa shape index (κ3) is 2.97. The lowest BCUT2D eigenvalue weighted by atomic mass is 10.1. The van der Waals surface area contributed by atoms with Crippen LogP contribution < -0.4 is 9.47 Å². The zero-order chi connectivity index (χ0) is 20.0. The van der Waals surface area contributed by atoms with Crippen molar-refractivity contribution in [1.82, 2.24) is 0 Å². The molecule has 28 heavy (non-hydrogen) atoms. The van der Waals surface area contributed by atoms with Crippen molar-refractivity contribution in [3.05, 3.63) is 71.3 Å². The first-order valence-electron chi connectivity index (χ1n) is 8.32. The molecule has 0 amide bonds. The van der Waals surface area contributed by atoms with E-state index in [2.05, 4.69) is 0 Å². The lowest BCUT2D eigenvalue weighted by Gasteiger charge is -2.21. The van der Waals surface area contributed by atoms with Crippen LogP contribution in [0.15, 0.2) is 63.2 Å². The van der Waals surface area contributed by atoms with Crippen LogP contribution in [0.2, 0.25) is 0 Å². The fourth-order valence-corrected chi connectivity index (χ4v) is 5.54. The molecule has 1 aliphatic heterocycles. The molecule has 4 rings (SSSR count). The number of carbonyl (C=O) groups is 1. The van der Waals surface area contributed by atoms with Gasteiger partial charge in [-0.05, 0) is 24.6 Å². The number of aryl methyl sites for hydroxylation is 1. The molecule has 3 aromatic carbocycles. The molecule has 0 atom stereocenters. The Hall–Kier alpha value is -3.06. The van der Waals surface area contributed by atoms with Gasteiger partial charge < -0.3 is 14.6 Å². The molecule has 0 unspecified atom stereocenters. The fourth-order valence-electron chi connectivity index (χ4n) is 3.15. The van der Waals surface area contributed by atoms with Gasteiger partial charge in [-0.2, -0.15) is 0 Å². The molecule has 0 radical (unpaired) electrons. The average molecular weight is 401 g/mol. The van der Waals surface area contributed by atoms with E-state index in [9.17, 15) is 18.7 Å². The fraction of sp³-hybridized carbons (Fsp3) is 0.0952. The number of ether oxygens (including phenoxy) is 2. The number of hydrogen-bond acceptors (Lipinski definition) is 3. The van der Waals surface area contributed by atoms with Crippen LogP contribution in [0.25, 0.3) is 0 Å². The molecule has 0 saturated carbocycles. The van der Waals surface area contributed by atoms with E-state index in [0.29, 0.717) is 20.4 Å². The highest BCUT2D eigenvalue weighted by molar-refractivity contribution is 7.97. The monoisotopic (exact) mass is 401 g/mol. The highest BCUT2D eigenvalue weighted by Crippen LogP contribution is 2.48. The summed E-state index contributed by atoms with van der Waals surface area (Å²) in [6.45, 7) is 1.81. The molecule has 4 nitrogen and oxygen atoms in total. The highest BCUT2D eigenvalue weighted by atomic mass is 32.2. The van der Waals surface area contributed by atoms with E-state index in [1.807, 2.05) is 6.92 Å². The number of halogens is 2. The summed E-state index contributed by atoms with van der Waals surface area (Å²) in [7, 11) is 0.551. The number of benzene rings is 3. The SMILES string of the molecule is COc1cc(C(=O)O)c([S+]2c3ccc(F)cc3Oc3cc(F)ccc32)cc1C.